The van der Waals surface area contributed by atoms with E-state index in [-0.39, 0.29) is 16.8 Å². The molecule has 0 aromatic heterocycles. The minimum absolute atomic E-state index is 0.0843. The molecule has 5 heteroatoms. The molecule has 110 valence electrons. The van der Waals surface area contributed by atoms with Gasteiger partial charge in [0.15, 0.2) is 5.11 Å². The summed E-state index contributed by atoms with van der Waals surface area (Å²) in [4.78, 5) is 11.9. The van der Waals surface area contributed by atoms with Crippen molar-refractivity contribution in [2.45, 2.75) is 20.8 Å². The van der Waals surface area contributed by atoms with Gasteiger partial charge < -0.3 is 15.7 Å². The van der Waals surface area contributed by atoms with Gasteiger partial charge in [-0.15, -0.1) is 0 Å². The van der Waals surface area contributed by atoms with Gasteiger partial charge in [-0.3, -0.25) is 4.79 Å². The number of amides is 1. The molecule has 0 radical (unpaired) electrons. The largest absolute Gasteiger partial charge is 0.506 e. The van der Waals surface area contributed by atoms with Crippen LogP contribution in [0, 0.1) is 5.41 Å². The number of phenolic OH excluding ortho intramolecular Hbond substituents is 1. The minimum Gasteiger partial charge on any atom is -0.506 e. The van der Waals surface area contributed by atoms with Gasteiger partial charge in [0.05, 0.1) is 5.69 Å². The average molecular weight is 302 g/mol. The van der Waals surface area contributed by atoms with Crippen molar-refractivity contribution in [3.05, 3.63) is 36.4 Å². The van der Waals surface area contributed by atoms with E-state index in [2.05, 4.69) is 10.6 Å². The zero-order valence-electron chi connectivity index (χ0n) is 12.2. The van der Waals surface area contributed by atoms with Crippen molar-refractivity contribution in [1.82, 2.24) is 5.32 Å². The maximum Gasteiger partial charge on any atom is 0.231 e. The first-order valence-corrected chi connectivity index (χ1v) is 7.03. The molecular formula is C16H18N2O2S. The number of hydrogen-bond donors (Lipinski definition) is 3. The standard InChI is InChI=1S/C16H18N2O2S/c1-16(2,3)14(20)18-15(21)17-13-11-7-5-4-6-10(11)8-9-12(13)19/h4-9,19H,1-3H3,(H2,17,18,20,21). The fourth-order valence-corrected chi connectivity index (χ4v) is 2.02. The van der Waals surface area contributed by atoms with Gasteiger partial charge in [0.25, 0.3) is 0 Å². The Labute approximate surface area is 129 Å². The molecule has 0 bridgehead atoms. The molecule has 1 amide bonds. The molecule has 0 saturated heterocycles. The van der Waals surface area contributed by atoms with Crippen molar-refractivity contribution in [2.75, 3.05) is 5.32 Å². The Morgan fingerprint density at radius 3 is 2.48 bits per heavy atom. The van der Waals surface area contributed by atoms with Crippen molar-refractivity contribution < 1.29 is 9.90 Å². The molecule has 2 aromatic rings. The van der Waals surface area contributed by atoms with Crippen LogP contribution in [0.3, 0.4) is 0 Å². The highest BCUT2D eigenvalue weighted by molar-refractivity contribution is 7.80. The van der Waals surface area contributed by atoms with E-state index in [0.717, 1.165) is 10.8 Å². The van der Waals surface area contributed by atoms with Gasteiger partial charge in [0, 0.05) is 10.8 Å². The molecular weight excluding hydrogens is 284 g/mol. The smallest absolute Gasteiger partial charge is 0.231 e. The van der Waals surface area contributed by atoms with E-state index in [0.29, 0.717) is 5.69 Å². The number of hydrogen-bond acceptors (Lipinski definition) is 3. The summed E-state index contributed by atoms with van der Waals surface area (Å²) in [5.74, 6) is -0.0965. The Hall–Kier alpha value is -2.14. The Morgan fingerprint density at radius 2 is 1.81 bits per heavy atom. The summed E-state index contributed by atoms with van der Waals surface area (Å²) in [6.07, 6.45) is 0. The summed E-state index contributed by atoms with van der Waals surface area (Å²) in [5.41, 5.74) is -0.0423. The van der Waals surface area contributed by atoms with Crippen LogP contribution in [0.4, 0.5) is 5.69 Å². The second-order valence-electron chi connectivity index (χ2n) is 5.84. The van der Waals surface area contributed by atoms with Crippen LogP contribution in [-0.4, -0.2) is 16.1 Å². The predicted molar refractivity (Wildman–Crippen MR) is 89.4 cm³/mol. The second-order valence-corrected chi connectivity index (χ2v) is 6.25. The molecule has 0 atom stereocenters. The van der Waals surface area contributed by atoms with Crippen molar-refractivity contribution >= 4 is 39.7 Å². The lowest BCUT2D eigenvalue weighted by molar-refractivity contribution is -0.126. The molecule has 0 aliphatic carbocycles. The van der Waals surface area contributed by atoms with Gasteiger partial charge in [-0.1, -0.05) is 51.1 Å². The molecule has 0 unspecified atom stereocenters. The minimum atomic E-state index is -0.535. The van der Waals surface area contributed by atoms with Crippen LogP contribution < -0.4 is 10.6 Å². The third-order valence-electron chi connectivity index (χ3n) is 3.05. The van der Waals surface area contributed by atoms with E-state index < -0.39 is 5.41 Å². The maximum absolute atomic E-state index is 11.9. The van der Waals surface area contributed by atoms with E-state index >= 15 is 0 Å². The van der Waals surface area contributed by atoms with Gasteiger partial charge in [0.1, 0.15) is 5.75 Å². The van der Waals surface area contributed by atoms with Gasteiger partial charge in [-0.2, -0.15) is 0 Å². The van der Waals surface area contributed by atoms with Gasteiger partial charge in [-0.05, 0) is 23.7 Å². The van der Waals surface area contributed by atoms with Crippen molar-refractivity contribution in [3.63, 3.8) is 0 Å². The molecule has 2 aromatic carbocycles. The number of rotatable bonds is 1. The normalized spacial score (nSPS) is 11.2. The highest BCUT2D eigenvalue weighted by atomic mass is 32.1. The molecule has 0 saturated carbocycles. The number of carbonyl (C=O) groups excluding carboxylic acids is 1. The van der Waals surface area contributed by atoms with Gasteiger partial charge in [0.2, 0.25) is 5.91 Å². The van der Waals surface area contributed by atoms with Crippen LogP contribution in [0.1, 0.15) is 20.8 Å². The molecule has 0 heterocycles. The molecule has 0 fully saturated rings. The Balaban J connectivity index is 2.26. The summed E-state index contributed by atoms with van der Waals surface area (Å²) >= 11 is 5.15. The van der Waals surface area contributed by atoms with E-state index in [1.54, 1.807) is 26.8 Å². The number of thiocarbonyl (C=S) groups is 1. The summed E-state index contributed by atoms with van der Waals surface area (Å²) < 4.78 is 0. The third kappa shape index (κ3) is 3.49. The molecule has 21 heavy (non-hydrogen) atoms. The molecule has 0 spiro atoms. The maximum atomic E-state index is 11.9. The predicted octanol–water partition coefficient (Wildman–Crippen LogP) is 3.40. The van der Waals surface area contributed by atoms with Gasteiger partial charge >= 0.3 is 0 Å². The number of benzene rings is 2. The molecule has 0 aliphatic heterocycles. The highest BCUT2D eigenvalue weighted by Crippen LogP contribution is 2.32. The van der Waals surface area contributed by atoms with Crippen LogP contribution in [-0.2, 0) is 4.79 Å². The molecule has 0 aliphatic rings. The number of anilines is 1. The van der Waals surface area contributed by atoms with Crippen LogP contribution in [0.25, 0.3) is 10.8 Å². The number of carbonyl (C=O) groups is 1. The molecule has 3 N–H and O–H groups in total. The van der Waals surface area contributed by atoms with Crippen molar-refractivity contribution in [1.29, 1.82) is 0 Å². The Bertz CT molecular complexity index is 705. The van der Waals surface area contributed by atoms with Crippen molar-refractivity contribution in [3.8, 4) is 5.75 Å². The number of phenols is 1. The first kappa shape index (κ1) is 15.3. The number of aromatic hydroxyl groups is 1. The first-order valence-electron chi connectivity index (χ1n) is 6.62. The van der Waals surface area contributed by atoms with Gasteiger partial charge in [-0.25, -0.2) is 0 Å². The lowest BCUT2D eigenvalue weighted by Gasteiger charge is -2.19. The second kappa shape index (κ2) is 5.69. The summed E-state index contributed by atoms with van der Waals surface area (Å²) in [7, 11) is 0. The lowest BCUT2D eigenvalue weighted by Crippen LogP contribution is -2.41. The van der Waals surface area contributed by atoms with Crippen LogP contribution >= 0.6 is 12.2 Å². The van der Waals surface area contributed by atoms with Crippen molar-refractivity contribution in [2.24, 2.45) is 5.41 Å². The third-order valence-corrected chi connectivity index (χ3v) is 3.26. The van der Waals surface area contributed by atoms with Crippen LogP contribution in [0.15, 0.2) is 36.4 Å². The number of nitrogens with one attached hydrogen (secondary N) is 2. The number of fused-ring (bicyclic) bond motifs is 1. The van der Waals surface area contributed by atoms with Crippen LogP contribution in [0.2, 0.25) is 0 Å². The summed E-state index contributed by atoms with van der Waals surface area (Å²) in [6, 6.07) is 11.0. The van der Waals surface area contributed by atoms with E-state index in [1.807, 2.05) is 30.3 Å². The topological polar surface area (TPSA) is 61.4 Å². The van der Waals surface area contributed by atoms with Crippen LogP contribution in [0.5, 0.6) is 5.75 Å². The highest BCUT2D eigenvalue weighted by Gasteiger charge is 2.22. The Kier molecular flexibility index (Phi) is 4.14. The molecule has 2 rings (SSSR count). The SMILES string of the molecule is CC(C)(C)C(=O)NC(=S)Nc1c(O)ccc2ccccc12. The fourth-order valence-electron chi connectivity index (χ4n) is 1.83. The van der Waals surface area contributed by atoms with E-state index in [4.69, 9.17) is 12.2 Å². The monoisotopic (exact) mass is 302 g/mol. The Morgan fingerprint density at radius 1 is 1.14 bits per heavy atom. The lowest BCUT2D eigenvalue weighted by atomic mass is 9.96. The summed E-state index contributed by atoms with van der Waals surface area (Å²) in [5, 5.41) is 17.5. The molecule has 4 nitrogen and oxygen atoms in total. The quantitative estimate of drug-likeness (QED) is 0.558. The average Bonchev–Trinajstić information content (AvgIpc) is 2.41. The first-order chi connectivity index (χ1) is 9.79. The zero-order valence-corrected chi connectivity index (χ0v) is 13.0. The van der Waals surface area contributed by atoms with E-state index in [1.165, 1.54) is 0 Å². The fraction of sp³-hybridized carbons (Fsp3) is 0.250. The summed E-state index contributed by atoms with van der Waals surface area (Å²) in [6.45, 7) is 5.42. The zero-order chi connectivity index (χ0) is 15.6. The van der Waals surface area contributed by atoms with E-state index in [9.17, 15) is 9.90 Å².